The third-order valence-electron chi connectivity index (χ3n) is 5.55. The summed E-state index contributed by atoms with van der Waals surface area (Å²) in [6.07, 6.45) is 0. The second kappa shape index (κ2) is 6.49. The zero-order chi connectivity index (χ0) is 19.4. The van der Waals surface area contributed by atoms with Gasteiger partial charge in [0.05, 0.1) is 11.2 Å². The van der Waals surface area contributed by atoms with E-state index < -0.39 is 11.2 Å². The summed E-state index contributed by atoms with van der Waals surface area (Å²) in [7, 11) is 0.404. The SMILES string of the molecule is CC(C)(O)C(C)(C)OBc1cc(Cl)c2c(c1)sc1c3ccccc3ccc12. The van der Waals surface area contributed by atoms with Gasteiger partial charge < -0.3 is 9.76 Å². The van der Waals surface area contributed by atoms with Gasteiger partial charge in [-0.05, 0) is 56.1 Å². The van der Waals surface area contributed by atoms with Crippen molar-refractivity contribution in [2.45, 2.75) is 38.9 Å². The first kappa shape index (κ1) is 18.8. The summed E-state index contributed by atoms with van der Waals surface area (Å²) < 4.78 is 8.45. The van der Waals surface area contributed by atoms with Gasteiger partial charge in [-0.25, -0.2) is 0 Å². The molecule has 0 aliphatic carbocycles. The maximum absolute atomic E-state index is 10.3. The van der Waals surface area contributed by atoms with E-state index >= 15 is 0 Å². The van der Waals surface area contributed by atoms with E-state index in [2.05, 4.69) is 42.5 Å². The molecule has 0 aliphatic heterocycles. The molecule has 5 heteroatoms. The van der Waals surface area contributed by atoms with Gasteiger partial charge in [0.1, 0.15) is 0 Å². The Kier molecular flexibility index (Phi) is 4.51. The van der Waals surface area contributed by atoms with E-state index in [-0.39, 0.29) is 0 Å². The number of hydrogen-bond donors (Lipinski definition) is 1. The summed E-state index contributed by atoms with van der Waals surface area (Å²) in [6.45, 7) is 7.33. The molecule has 2 nitrogen and oxygen atoms in total. The number of rotatable bonds is 4. The minimum absolute atomic E-state index is 0.404. The summed E-state index contributed by atoms with van der Waals surface area (Å²) >= 11 is 8.44. The van der Waals surface area contributed by atoms with Crippen LogP contribution in [-0.4, -0.2) is 23.8 Å². The molecule has 0 aliphatic rings. The van der Waals surface area contributed by atoms with Crippen molar-refractivity contribution in [1.29, 1.82) is 0 Å². The predicted octanol–water partition coefficient (Wildman–Crippen LogP) is 5.40. The molecule has 4 rings (SSSR count). The molecule has 0 saturated heterocycles. The Balaban J connectivity index is 1.80. The fourth-order valence-corrected chi connectivity index (χ4v) is 4.89. The monoisotopic (exact) mass is 396 g/mol. The molecular weight excluding hydrogens is 375 g/mol. The lowest BCUT2D eigenvalue weighted by atomic mass is 9.82. The largest absolute Gasteiger partial charge is 0.427 e. The third kappa shape index (κ3) is 3.25. The second-order valence-corrected chi connectivity index (χ2v) is 9.53. The highest BCUT2D eigenvalue weighted by molar-refractivity contribution is 7.26. The number of hydrogen-bond acceptors (Lipinski definition) is 3. The van der Waals surface area contributed by atoms with Gasteiger partial charge in [-0.3, -0.25) is 0 Å². The summed E-state index contributed by atoms with van der Waals surface area (Å²) in [5.41, 5.74) is -0.580. The Morgan fingerprint density at radius 3 is 2.48 bits per heavy atom. The van der Waals surface area contributed by atoms with Crippen molar-refractivity contribution in [1.82, 2.24) is 0 Å². The molecule has 0 saturated carbocycles. The van der Waals surface area contributed by atoms with Crippen molar-refractivity contribution in [3.63, 3.8) is 0 Å². The molecule has 0 bridgehead atoms. The molecule has 0 radical (unpaired) electrons. The predicted molar refractivity (Wildman–Crippen MR) is 120 cm³/mol. The molecule has 0 fully saturated rings. The van der Waals surface area contributed by atoms with Gasteiger partial charge >= 0.3 is 7.48 Å². The fraction of sp³-hybridized carbons (Fsp3) is 0.273. The van der Waals surface area contributed by atoms with E-state index in [4.69, 9.17) is 16.3 Å². The lowest BCUT2D eigenvalue weighted by molar-refractivity contribution is -0.0893. The first-order chi connectivity index (χ1) is 12.7. The number of fused-ring (bicyclic) bond motifs is 5. The van der Waals surface area contributed by atoms with Crippen LogP contribution >= 0.6 is 22.9 Å². The van der Waals surface area contributed by atoms with Crippen LogP contribution in [0.2, 0.25) is 5.02 Å². The van der Waals surface area contributed by atoms with Crippen LogP contribution < -0.4 is 5.46 Å². The van der Waals surface area contributed by atoms with Crippen molar-refractivity contribution < 1.29 is 9.76 Å². The smallest absolute Gasteiger partial charge is 0.309 e. The van der Waals surface area contributed by atoms with Gasteiger partial charge in [0.25, 0.3) is 0 Å². The molecule has 27 heavy (non-hydrogen) atoms. The summed E-state index contributed by atoms with van der Waals surface area (Å²) in [5, 5.41) is 15.8. The first-order valence-corrected chi connectivity index (χ1v) is 10.3. The zero-order valence-corrected chi connectivity index (χ0v) is 17.5. The Morgan fingerprint density at radius 1 is 1.00 bits per heavy atom. The Labute approximate surface area is 169 Å². The lowest BCUT2D eigenvalue weighted by Crippen LogP contribution is -2.49. The van der Waals surface area contributed by atoms with Crippen LogP contribution in [0.3, 0.4) is 0 Å². The van der Waals surface area contributed by atoms with Gasteiger partial charge in [-0.2, -0.15) is 0 Å². The summed E-state index contributed by atoms with van der Waals surface area (Å²) in [5.74, 6) is 0. The van der Waals surface area contributed by atoms with E-state index in [9.17, 15) is 5.11 Å². The highest BCUT2D eigenvalue weighted by Gasteiger charge is 2.35. The van der Waals surface area contributed by atoms with Crippen LogP contribution in [0, 0.1) is 0 Å². The summed E-state index contributed by atoms with van der Waals surface area (Å²) in [6, 6.07) is 16.9. The molecule has 0 unspecified atom stereocenters. The van der Waals surface area contributed by atoms with Crippen molar-refractivity contribution in [2.24, 2.45) is 0 Å². The van der Waals surface area contributed by atoms with Crippen molar-refractivity contribution >= 4 is 66.8 Å². The van der Waals surface area contributed by atoms with Crippen LogP contribution in [0.15, 0.2) is 48.5 Å². The normalized spacial score (nSPS) is 13.0. The van der Waals surface area contributed by atoms with E-state index in [1.54, 1.807) is 25.2 Å². The molecule has 138 valence electrons. The molecule has 0 spiro atoms. The number of thiophene rings is 1. The zero-order valence-electron chi connectivity index (χ0n) is 16.0. The van der Waals surface area contributed by atoms with Gasteiger partial charge in [-0.1, -0.05) is 48.0 Å². The number of aliphatic hydroxyl groups is 1. The lowest BCUT2D eigenvalue weighted by Gasteiger charge is -2.37. The average molecular weight is 397 g/mol. The minimum Gasteiger partial charge on any atom is -0.427 e. The molecule has 1 aromatic heterocycles. The Morgan fingerprint density at radius 2 is 1.74 bits per heavy atom. The first-order valence-electron chi connectivity index (χ1n) is 9.06. The molecular formula is C22H22BClO2S. The average Bonchev–Trinajstić information content (AvgIpc) is 2.98. The van der Waals surface area contributed by atoms with Crippen molar-refractivity contribution in [3.8, 4) is 0 Å². The number of halogens is 1. The topological polar surface area (TPSA) is 29.5 Å². The molecule has 4 aromatic rings. The molecule has 0 amide bonds. The Hall–Kier alpha value is -1.59. The van der Waals surface area contributed by atoms with Crippen LogP contribution in [-0.2, 0) is 4.65 Å². The van der Waals surface area contributed by atoms with E-state index in [1.807, 2.05) is 19.9 Å². The molecule has 1 heterocycles. The van der Waals surface area contributed by atoms with Crippen LogP contribution in [0.4, 0.5) is 0 Å². The van der Waals surface area contributed by atoms with Gasteiger partial charge in [0.15, 0.2) is 0 Å². The van der Waals surface area contributed by atoms with Crippen LogP contribution in [0.25, 0.3) is 30.9 Å². The molecule has 3 aromatic carbocycles. The van der Waals surface area contributed by atoms with Gasteiger partial charge in [0.2, 0.25) is 0 Å². The van der Waals surface area contributed by atoms with Crippen molar-refractivity contribution in [2.75, 3.05) is 0 Å². The second-order valence-electron chi connectivity index (χ2n) is 8.07. The number of benzene rings is 3. The fourth-order valence-electron chi connectivity index (χ4n) is 3.16. The minimum atomic E-state index is -0.933. The van der Waals surface area contributed by atoms with Crippen LogP contribution in [0.5, 0.6) is 0 Å². The quantitative estimate of drug-likeness (QED) is 0.468. The highest BCUT2D eigenvalue weighted by Crippen LogP contribution is 2.40. The van der Waals surface area contributed by atoms with Gasteiger partial charge in [-0.15, -0.1) is 11.3 Å². The van der Waals surface area contributed by atoms with Gasteiger partial charge in [0, 0.05) is 25.2 Å². The third-order valence-corrected chi connectivity index (χ3v) is 7.03. The van der Waals surface area contributed by atoms with E-state index in [1.165, 1.54) is 20.9 Å². The standard InChI is InChI=1S/C22H22BClO2S/c1-21(2,25)22(3,4)26-23-14-11-17(24)19-16-10-9-13-7-5-6-8-15(13)20(16)27-18(19)12-14/h5-12,23,25H,1-4H3. The van der Waals surface area contributed by atoms with E-state index in [0.29, 0.717) is 7.48 Å². The maximum Gasteiger partial charge on any atom is 0.309 e. The maximum atomic E-state index is 10.3. The van der Waals surface area contributed by atoms with E-state index in [0.717, 1.165) is 20.6 Å². The highest BCUT2D eigenvalue weighted by atomic mass is 35.5. The molecule has 1 N–H and O–H groups in total. The van der Waals surface area contributed by atoms with Crippen molar-refractivity contribution in [3.05, 3.63) is 53.6 Å². The molecule has 0 atom stereocenters. The summed E-state index contributed by atoms with van der Waals surface area (Å²) in [4.78, 5) is 0. The Bertz CT molecular complexity index is 1160. The van der Waals surface area contributed by atoms with Crippen LogP contribution in [0.1, 0.15) is 27.7 Å².